The SMILES string of the molecule is Cn1c(=O)c2c(nc(NN=Cc3ccc(O)c(O)c3)n2CCc2ccccc2)n(C)c1=O. The zero-order chi connectivity index (χ0) is 22.8. The number of anilines is 1. The zero-order valence-electron chi connectivity index (χ0n) is 17.6. The molecular weight excluding hydrogens is 412 g/mol. The highest BCUT2D eigenvalue weighted by molar-refractivity contribution is 5.81. The number of imidazole rings is 1. The number of aryl methyl sites for hydroxylation is 3. The van der Waals surface area contributed by atoms with E-state index in [1.165, 1.54) is 30.0 Å². The van der Waals surface area contributed by atoms with Crippen molar-refractivity contribution in [2.75, 3.05) is 5.43 Å². The van der Waals surface area contributed by atoms with Crippen molar-refractivity contribution in [1.82, 2.24) is 18.7 Å². The molecular formula is C22H22N6O4. The van der Waals surface area contributed by atoms with Crippen molar-refractivity contribution in [1.29, 1.82) is 0 Å². The van der Waals surface area contributed by atoms with Gasteiger partial charge in [0.2, 0.25) is 5.95 Å². The summed E-state index contributed by atoms with van der Waals surface area (Å²) in [6.45, 7) is 0.436. The molecule has 0 amide bonds. The van der Waals surface area contributed by atoms with Crippen molar-refractivity contribution in [2.24, 2.45) is 19.2 Å². The number of hydrazone groups is 1. The van der Waals surface area contributed by atoms with Crippen LogP contribution in [0.3, 0.4) is 0 Å². The number of aromatic hydroxyl groups is 2. The largest absolute Gasteiger partial charge is 0.504 e. The average molecular weight is 434 g/mol. The first-order valence-electron chi connectivity index (χ1n) is 9.88. The van der Waals surface area contributed by atoms with E-state index in [0.29, 0.717) is 30.0 Å². The second-order valence-corrected chi connectivity index (χ2v) is 7.32. The molecule has 2 heterocycles. The van der Waals surface area contributed by atoms with Crippen LogP contribution in [0.4, 0.5) is 5.95 Å². The molecule has 0 atom stereocenters. The molecule has 0 radical (unpaired) electrons. The molecule has 164 valence electrons. The second-order valence-electron chi connectivity index (χ2n) is 7.32. The summed E-state index contributed by atoms with van der Waals surface area (Å²) in [7, 11) is 2.99. The van der Waals surface area contributed by atoms with Gasteiger partial charge in [-0.05, 0) is 35.7 Å². The second kappa shape index (κ2) is 8.42. The van der Waals surface area contributed by atoms with Crippen LogP contribution in [-0.2, 0) is 27.1 Å². The molecule has 4 aromatic rings. The lowest BCUT2D eigenvalue weighted by molar-refractivity contribution is 0.403. The number of hydrogen-bond donors (Lipinski definition) is 3. The highest BCUT2D eigenvalue weighted by Gasteiger charge is 2.19. The Bertz CT molecular complexity index is 1430. The molecule has 0 spiro atoms. The van der Waals surface area contributed by atoms with E-state index < -0.39 is 11.2 Å². The van der Waals surface area contributed by atoms with Gasteiger partial charge in [0.25, 0.3) is 5.56 Å². The molecule has 0 aliphatic heterocycles. The Hall–Kier alpha value is -4.34. The Balaban J connectivity index is 1.74. The van der Waals surface area contributed by atoms with Crippen LogP contribution in [0.25, 0.3) is 11.2 Å². The van der Waals surface area contributed by atoms with Gasteiger partial charge >= 0.3 is 5.69 Å². The molecule has 4 rings (SSSR count). The molecule has 0 bridgehead atoms. The third kappa shape index (κ3) is 3.85. The van der Waals surface area contributed by atoms with E-state index in [1.807, 2.05) is 30.3 Å². The van der Waals surface area contributed by atoms with Crippen LogP contribution < -0.4 is 16.7 Å². The van der Waals surface area contributed by atoms with E-state index in [2.05, 4.69) is 15.5 Å². The molecule has 0 aliphatic carbocycles. The normalized spacial score (nSPS) is 11.4. The summed E-state index contributed by atoms with van der Waals surface area (Å²) >= 11 is 0. The number of phenolic OH excluding ortho intramolecular Hbond substituents is 2. The standard InChI is InChI=1S/C22H22N6O4/c1-26-19-18(20(31)27(2)22(26)32)28(11-10-14-6-4-3-5-7-14)21(24-19)25-23-13-15-8-9-16(29)17(30)12-15/h3-9,12-13,29-30H,10-11H2,1-2H3,(H,24,25). The highest BCUT2D eigenvalue weighted by Crippen LogP contribution is 2.24. The van der Waals surface area contributed by atoms with Crippen LogP contribution in [0.15, 0.2) is 63.2 Å². The van der Waals surface area contributed by atoms with Gasteiger partial charge in [-0.1, -0.05) is 30.3 Å². The van der Waals surface area contributed by atoms with Crippen LogP contribution in [0.1, 0.15) is 11.1 Å². The Kier molecular flexibility index (Phi) is 5.50. The Morgan fingerprint density at radius 1 is 1.03 bits per heavy atom. The Morgan fingerprint density at radius 3 is 2.50 bits per heavy atom. The van der Waals surface area contributed by atoms with Crippen molar-refractivity contribution >= 4 is 23.3 Å². The number of rotatable bonds is 6. The molecule has 0 unspecified atom stereocenters. The Morgan fingerprint density at radius 2 is 1.78 bits per heavy atom. The summed E-state index contributed by atoms with van der Waals surface area (Å²) in [5.74, 6) is -0.189. The van der Waals surface area contributed by atoms with E-state index in [9.17, 15) is 19.8 Å². The van der Waals surface area contributed by atoms with E-state index in [-0.39, 0.29) is 17.1 Å². The van der Waals surface area contributed by atoms with Crippen molar-refractivity contribution in [3.8, 4) is 11.5 Å². The molecule has 0 saturated carbocycles. The lowest BCUT2D eigenvalue weighted by Crippen LogP contribution is -2.37. The molecule has 2 aromatic heterocycles. The average Bonchev–Trinajstić information content (AvgIpc) is 3.16. The van der Waals surface area contributed by atoms with Gasteiger partial charge in [0.1, 0.15) is 0 Å². The minimum Gasteiger partial charge on any atom is -0.504 e. The molecule has 2 aromatic carbocycles. The summed E-state index contributed by atoms with van der Waals surface area (Å²) in [4.78, 5) is 29.7. The number of aromatic nitrogens is 4. The monoisotopic (exact) mass is 434 g/mol. The van der Waals surface area contributed by atoms with Crippen molar-refractivity contribution in [3.05, 3.63) is 80.5 Å². The van der Waals surface area contributed by atoms with Crippen molar-refractivity contribution in [2.45, 2.75) is 13.0 Å². The lowest BCUT2D eigenvalue weighted by atomic mass is 10.1. The quantitative estimate of drug-likeness (QED) is 0.240. The molecule has 0 saturated heterocycles. The first-order chi connectivity index (χ1) is 15.4. The van der Waals surface area contributed by atoms with Gasteiger partial charge in [-0.15, -0.1) is 0 Å². The fourth-order valence-corrected chi connectivity index (χ4v) is 3.42. The molecule has 10 nitrogen and oxygen atoms in total. The minimum atomic E-state index is -0.468. The fourth-order valence-electron chi connectivity index (χ4n) is 3.42. The van der Waals surface area contributed by atoms with Crippen LogP contribution in [0, 0.1) is 0 Å². The third-order valence-corrected chi connectivity index (χ3v) is 5.19. The van der Waals surface area contributed by atoms with Crippen molar-refractivity contribution in [3.63, 3.8) is 0 Å². The Labute approximate surface area is 182 Å². The minimum absolute atomic E-state index is 0.227. The van der Waals surface area contributed by atoms with E-state index in [0.717, 1.165) is 10.1 Å². The number of nitrogens with zero attached hydrogens (tertiary/aromatic N) is 5. The van der Waals surface area contributed by atoms with Crippen LogP contribution in [0.5, 0.6) is 11.5 Å². The topological polar surface area (TPSA) is 127 Å². The van der Waals surface area contributed by atoms with Gasteiger partial charge in [0, 0.05) is 20.6 Å². The number of hydrogen-bond acceptors (Lipinski definition) is 7. The molecule has 10 heteroatoms. The van der Waals surface area contributed by atoms with Crippen molar-refractivity contribution < 1.29 is 10.2 Å². The maximum absolute atomic E-state index is 12.9. The summed E-state index contributed by atoms with van der Waals surface area (Å²) in [6.07, 6.45) is 2.08. The summed E-state index contributed by atoms with van der Waals surface area (Å²) in [6, 6.07) is 14.1. The third-order valence-electron chi connectivity index (χ3n) is 5.19. The molecule has 0 aliphatic rings. The number of fused-ring (bicyclic) bond motifs is 1. The first kappa shape index (κ1) is 20.9. The predicted molar refractivity (Wildman–Crippen MR) is 121 cm³/mol. The van der Waals surface area contributed by atoms with E-state index in [1.54, 1.807) is 17.7 Å². The lowest BCUT2D eigenvalue weighted by Gasteiger charge is -2.09. The molecule has 0 fully saturated rings. The van der Waals surface area contributed by atoms with Gasteiger partial charge < -0.3 is 14.8 Å². The predicted octanol–water partition coefficient (Wildman–Crippen LogP) is 1.53. The van der Waals surface area contributed by atoms with Crippen LogP contribution in [-0.4, -0.2) is 35.1 Å². The van der Waals surface area contributed by atoms with Gasteiger partial charge in [-0.2, -0.15) is 10.1 Å². The van der Waals surface area contributed by atoms with Gasteiger partial charge in [0.15, 0.2) is 22.7 Å². The number of nitrogens with one attached hydrogen (secondary N) is 1. The maximum atomic E-state index is 12.9. The number of phenols is 2. The van der Waals surface area contributed by atoms with Crippen LogP contribution in [0.2, 0.25) is 0 Å². The summed E-state index contributed by atoms with van der Waals surface area (Å²) < 4.78 is 4.08. The summed E-state index contributed by atoms with van der Waals surface area (Å²) in [5, 5.41) is 23.2. The first-order valence-corrected chi connectivity index (χ1v) is 9.88. The zero-order valence-corrected chi connectivity index (χ0v) is 17.6. The molecule has 32 heavy (non-hydrogen) atoms. The smallest absolute Gasteiger partial charge is 0.332 e. The summed E-state index contributed by atoms with van der Waals surface area (Å²) in [5.41, 5.74) is 4.11. The number of benzene rings is 2. The van der Waals surface area contributed by atoms with Gasteiger partial charge in [-0.3, -0.25) is 13.9 Å². The van der Waals surface area contributed by atoms with E-state index >= 15 is 0 Å². The highest BCUT2D eigenvalue weighted by atomic mass is 16.3. The van der Waals surface area contributed by atoms with Gasteiger partial charge in [0.05, 0.1) is 6.21 Å². The maximum Gasteiger partial charge on any atom is 0.332 e. The fraction of sp³-hybridized carbons (Fsp3) is 0.182. The van der Waals surface area contributed by atoms with E-state index in [4.69, 9.17) is 0 Å². The van der Waals surface area contributed by atoms with Gasteiger partial charge in [-0.25, -0.2) is 10.2 Å². The van der Waals surface area contributed by atoms with Crippen LogP contribution >= 0.6 is 0 Å². The molecule has 3 N–H and O–H groups in total.